The van der Waals surface area contributed by atoms with Crippen LogP contribution in [0.15, 0.2) is 71.9 Å². The molecular formula is C31H34N2O5. The van der Waals surface area contributed by atoms with Crippen LogP contribution < -0.4 is 29.6 Å². The molecule has 0 radical (unpaired) electrons. The molecule has 0 spiro atoms. The van der Waals surface area contributed by atoms with Gasteiger partial charge in [0.1, 0.15) is 5.75 Å². The Hall–Kier alpha value is -4.13. The van der Waals surface area contributed by atoms with E-state index in [-0.39, 0.29) is 23.8 Å². The SMILES string of the molecule is COc1cc([C@@H]2CC(=O)C3=C(C2)Nc2ccccc2N[C@@H]3c2ccccc2OC(C)C)cc(OC)c1OC. The molecule has 1 aliphatic heterocycles. The molecule has 198 valence electrons. The van der Waals surface area contributed by atoms with Gasteiger partial charge in [-0.3, -0.25) is 4.79 Å². The van der Waals surface area contributed by atoms with Gasteiger partial charge < -0.3 is 29.6 Å². The first kappa shape index (κ1) is 25.5. The smallest absolute Gasteiger partial charge is 0.203 e. The molecule has 0 amide bonds. The minimum absolute atomic E-state index is 0.00672. The molecule has 3 aromatic carbocycles. The van der Waals surface area contributed by atoms with Crippen molar-refractivity contribution in [1.29, 1.82) is 0 Å². The van der Waals surface area contributed by atoms with Crippen molar-refractivity contribution in [1.82, 2.24) is 0 Å². The van der Waals surface area contributed by atoms with Crippen LogP contribution >= 0.6 is 0 Å². The van der Waals surface area contributed by atoms with E-state index in [2.05, 4.69) is 10.6 Å². The molecule has 0 saturated carbocycles. The van der Waals surface area contributed by atoms with E-state index in [1.807, 2.05) is 74.5 Å². The van der Waals surface area contributed by atoms with Crippen LogP contribution in [0.5, 0.6) is 23.0 Å². The maximum atomic E-state index is 14.0. The zero-order chi connectivity index (χ0) is 26.8. The average molecular weight is 515 g/mol. The second-order valence-corrected chi connectivity index (χ2v) is 9.83. The molecule has 0 unspecified atom stereocenters. The average Bonchev–Trinajstić information content (AvgIpc) is 3.09. The van der Waals surface area contributed by atoms with Gasteiger partial charge in [-0.25, -0.2) is 0 Å². The largest absolute Gasteiger partial charge is 0.493 e. The Kier molecular flexibility index (Phi) is 7.18. The van der Waals surface area contributed by atoms with Gasteiger partial charge in [0.2, 0.25) is 5.75 Å². The first-order valence-corrected chi connectivity index (χ1v) is 12.9. The monoisotopic (exact) mass is 514 g/mol. The third kappa shape index (κ3) is 4.76. The van der Waals surface area contributed by atoms with Gasteiger partial charge in [-0.05, 0) is 62.1 Å². The number of ketones is 1. The Bertz CT molecular complexity index is 1360. The fourth-order valence-corrected chi connectivity index (χ4v) is 5.38. The van der Waals surface area contributed by atoms with E-state index in [9.17, 15) is 4.79 Å². The van der Waals surface area contributed by atoms with Crippen LogP contribution in [0.3, 0.4) is 0 Å². The Morgan fingerprint density at radius 2 is 1.47 bits per heavy atom. The second kappa shape index (κ2) is 10.7. The van der Waals surface area contributed by atoms with E-state index in [1.54, 1.807) is 21.3 Å². The van der Waals surface area contributed by atoms with Crippen LogP contribution in [0, 0.1) is 0 Å². The summed E-state index contributed by atoms with van der Waals surface area (Å²) in [5.74, 6) is 2.48. The quantitative estimate of drug-likeness (QED) is 0.374. The third-order valence-corrected chi connectivity index (χ3v) is 7.06. The standard InChI is InChI=1S/C31H34N2O5/c1-18(2)38-26-13-9-6-10-21(26)30-29-24(32-22-11-7-8-12-23(22)33-30)14-19(15-25(29)34)20-16-27(35-3)31(37-5)28(17-20)36-4/h6-13,16-19,30,32-33H,14-15H2,1-5H3/t19-,30+/m0/s1. The highest BCUT2D eigenvalue weighted by Gasteiger charge is 2.37. The lowest BCUT2D eigenvalue weighted by Gasteiger charge is -2.31. The zero-order valence-corrected chi connectivity index (χ0v) is 22.5. The van der Waals surface area contributed by atoms with Gasteiger partial charge in [-0.15, -0.1) is 0 Å². The summed E-state index contributed by atoms with van der Waals surface area (Å²) in [5.41, 5.74) is 5.41. The number of carbonyl (C=O) groups excluding carboxylic acids is 1. The van der Waals surface area contributed by atoms with E-state index in [0.717, 1.165) is 39.5 Å². The summed E-state index contributed by atoms with van der Waals surface area (Å²) in [6, 6.07) is 19.5. The van der Waals surface area contributed by atoms with Crippen molar-refractivity contribution in [3.63, 3.8) is 0 Å². The van der Waals surface area contributed by atoms with Crippen molar-refractivity contribution in [3.05, 3.63) is 83.1 Å². The first-order valence-electron chi connectivity index (χ1n) is 12.9. The topological polar surface area (TPSA) is 78.1 Å². The highest BCUT2D eigenvalue weighted by atomic mass is 16.5. The Morgan fingerprint density at radius 1 is 0.816 bits per heavy atom. The van der Waals surface area contributed by atoms with Crippen molar-refractivity contribution >= 4 is 17.2 Å². The molecule has 0 bridgehead atoms. The first-order chi connectivity index (χ1) is 18.4. The molecular weight excluding hydrogens is 480 g/mol. The van der Waals surface area contributed by atoms with Gasteiger partial charge in [0.15, 0.2) is 17.3 Å². The number of fused-ring (bicyclic) bond motifs is 1. The van der Waals surface area contributed by atoms with Gasteiger partial charge in [-0.1, -0.05) is 30.3 Å². The van der Waals surface area contributed by atoms with Gasteiger partial charge >= 0.3 is 0 Å². The van der Waals surface area contributed by atoms with E-state index in [4.69, 9.17) is 18.9 Å². The Balaban J connectivity index is 1.61. The van der Waals surface area contributed by atoms with E-state index >= 15 is 0 Å². The molecule has 5 rings (SSSR count). The maximum Gasteiger partial charge on any atom is 0.203 e. The third-order valence-electron chi connectivity index (χ3n) is 7.06. The number of para-hydroxylation sites is 3. The van der Waals surface area contributed by atoms with Crippen molar-refractivity contribution in [2.45, 2.75) is 44.8 Å². The van der Waals surface area contributed by atoms with Crippen LogP contribution in [0.1, 0.15) is 49.8 Å². The lowest BCUT2D eigenvalue weighted by molar-refractivity contribution is -0.116. The van der Waals surface area contributed by atoms with Gasteiger partial charge in [0.05, 0.1) is 44.8 Å². The number of anilines is 2. The van der Waals surface area contributed by atoms with Crippen LogP contribution in [0.25, 0.3) is 0 Å². The highest BCUT2D eigenvalue weighted by Crippen LogP contribution is 2.48. The lowest BCUT2D eigenvalue weighted by atomic mass is 9.78. The zero-order valence-electron chi connectivity index (χ0n) is 22.5. The number of allylic oxidation sites excluding steroid dienone is 1. The number of nitrogens with one attached hydrogen (secondary N) is 2. The predicted molar refractivity (Wildman–Crippen MR) is 149 cm³/mol. The number of methoxy groups -OCH3 is 3. The summed E-state index contributed by atoms with van der Waals surface area (Å²) >= 11 is 0. The van der Waals surface area contributed by atoms with Gasteiger partial charge in [0.25, 0.3) is 0 Å². The van der Waals surface area contributed by atoms with Crippen LogP contribution in [0.2, 0.25) is 0 Å². The lowest BCUT2D eigenvalue weighted by Crippen LogP contribution is -2.27. The number of hydrogen-bond donors (Lipinski definition) is 2. The number of Topliss-reactive ketones (excluding diaryl/α,β-unsaturated/α-hetero) is 1. The molecule has 2 aliphatic rings. The van der Waals surface area contributed by atoms with Crippen molar-refractivity contribution in [2.75, 3.05) is 32.0 Å². The molecule has 38 heavy (non-hydrogen) atoms. The molecule has 3 aromatic rings. The minimum Gasteiger partial charge on any atom is -0.493 e. The fourth-order valence-electron chi connectivity index (χ4n) is 5.38. The van der Waals surface area contributed by atoms with Crippen LogP contribution in [0.4, 0.5) is 11.4 Å². The molecule has 7 heteroatoms. The number of carbonyl (C=O) groups is 1. The molecule has 1 aliphatic carbocycles. The normalized spacial score (nSPS) is 18.5. The number of rotatable bonds is 7. The van der Waals surface area contributed by atoms with E-state index in [0.29, 0.717) is 30.1 Å². The second-order valence-electron chi connectivity index (χ2n) is 9.83. The molecule has 2 atom stereocenters. The summed E-state index contributed by atoms with van der Waals surface area (Å²) in [7, 11) is 4.79. The van der Waals surface area contributed by atoms with Crippen LogP contribution in [-0.2, 0) is 4.79 Å². The number of hydrogen-bond acceptors (Lipinski definition) is 7. The molecule has 1 heterocycles. The highest BCUT2D eigenvalue weighted by molar-refractivity contribution is 6.01. The molecule has 0 saturated heterocycles. The summed E-state index contributed by atoms with van der Waals surface area (Å²) in [5, 5.41) is 7.25. The van der Waals surface area contributed by atoms with E-state index < -0.39 is 0 Å². The molecule has 2 N–H and O–H groups in total. The minimum atomic E-state index is -0.357. The summed E-state index contributed by atoms with van der Waals surface area (Å²) < 4.78 is 22.9. The summed E-state index contributed by atoms with van der Waals surface area (Å²) in [4.78, 5) is 14.0. The predicted octanol–water partition coefficient (Wildman–Crippen LogP) is 6.48. The summed E-state index contributed by atoms with van der Waals surface area (Å²) in [6.45, 7) is 4.01. The van der Waals surface area contributed by atoms with Gasteiger partial charge in [-0.2, -0.15) is 0 Å². The Morgan fingerprint density at radius 3 is 2.13 bits per heavy atom. The van der Waals surface area contributed by atoms with Crippen molar-refractivity contribution in [3.8, 4) is 23.0 Å². The number of benzene rings is 3. The number of ether oxygens (including phenoxy) is 4. The summed E-state index contributed by atoms with van der Waals surface area (Å²) in [6.07, 6.45) is 1.02. The molecule has 0 aromatic heterocycles. The Labute approximate surface area is 223 Å². The van der Waals surface area contributed by atoms with Crippen molar-refractivity contribution in [2.24, 2.45) is 0 Å². The van der Waals surface area contributed by atoms with Crippen LogP contribution in [-0.4, -0.2) is 33.2 Å². The fraction of sp³-hybridized carbons (Fsp3) is 0.323. The van der Waals surface area contributed by atoms with Crippen molar-refractivity contribution < 1.29 is 23.7 Å². The molecule has 0 fully saturated rings. The van der Waals surface area contributed by atoms with Gasteiger partial charge in [0, 0.05) is 23.3 Å². The molecule has 7 nitrogen and oxygen atoms in total. The van der Waals surface area contributed by atoms with E-state index in [1.165, 1.54) is 0 Å². The maximum absolute atomic E-state index is 14.0.